The summed E-state index contributed by atoms with van der Waals surface area (Å²) in [6, 6.07) is 27.3. The van der Waals surface area contributed by atoms with Gasteiger partial charge in [0, 0.05) is 23.1 Å². The molecule has 282 valence electrons. The number of carbonyl (C=O) groups excluding carboxylic acids is 2. The smallest absolute Gasteiger partial charge is 0.308 e. The molecule has 0 radical (unpaired) electrons. The van der Waals surface area contributed by atoms with Crippen LogP contribution >= 0.6 is 0 Å². The molecule has 1 amide bonds. The number of ether oxygens (including phenoxy) is 5. The van der Waals surface area contributed by atoms with Gasteiger partial charge in [0.15, 0.2) is 11.5 Å². The summed E-state index contributed by atoms with van der Waals surface area (Å²) in [6.45, 7) is 16.1. The Hall–Kier alpha value is -5.05. The lowest BCUT2D eigenvalue weighted by Gasteiger charge is -2.28. The number of pyridine rings is 1. The van der Waals surface area contributed by atoms with Crippen molar-refractivity contribution in [1.29, 1.82) is 0 Å². The normalized spacial score (nSPS) is 13.3. The summed E-state index contributed by atoms with van der Waals surface area (Å²) < 4.78 is 28.9. The molecule has 1 atom stereocenters. The van der Waals surface area contributed by atoms with E-state index in [1.807, 2.05) is 140 Å². The van der Waals surface area contributed by atoms with Crippen LogP contribution in [0.5, 0.6) is 23.1 Å². The number of benzene rings is 3. The molecular formula is C44H54N2O7. The fraction of sp³-hybridized carbons (Fsp3) is 0.432. The molecule has 9 nitrogen and oxygen atoms in total. The van der Waals surface area contributed by atoms with Crippen molar-refractivity contribution in [2.24, 2.45) is 5.41 Å². The lowest BCUT2D eigenvalue weighted by Crippen LogP contribution is -2.45. The quantitative estimate of drug-likeness (QED) is 0.0957. The van der Waals surface area contributed by atoms with Gasteiger partial charge in [-0.1, -0.05) is 62.4 Å². The minimum atomic E-state index is -0.672. The van der Waals surface area contributed by atoms with Gasteiger partial charge in [-0.2, -0.15) is 0 Å². The number of nitrogens with zero attached hydrogens (tertiary/aromatic N) is 1. The van der Waals surface area contributed by atoms with E-state index in [0.29, 0.717) is 31.1 Å². The summed E-state index contributed by atoms with van der Waals surface area (Å²) >= 11 is 0. The predicted molar refractivity (Wildman–Crippen MR) is 207 cm³/mol. The number of unbranched alkanes of at least 4 members (excludes halogenated alkanes) is 1. The number of carbonyl (C=O) groups is 2. The largest absolute Gasteiger partial charge is 0.488 e. The van der Waals surface area contributed by atoms with E-state index < -0.39 is 17.1 Å². The zero-order valence-corrected chi connectivity index (χ0v) is 32.4. The zero-order valence-electron chi connectivity index (χ0n) is 32.4. The summed E-state index contributed by atoms with van der Waals surface area (Å²) in [5.74, 6) is 2.28. The van der Waals surface area contributed by atoms with Crippen molar-refractivity contribution in [3.8, 4) is 45.5 Å². The third-order valence-electron chi connectivity index (χ3n) is 8.64. The van der Waals surface area contributed by atoms with E-state index in [1.165, 1.54) is 0 Å². The van der Waals surface area contributed by atoms with Gasteiger partial charge in [-0.15, -0.1) is 0 Å². The third kappa shape index (κ3) is 12.0. The average Bonchev–Trinajstić information content (AvgIpc) is 3.56. The van der Waals surface area contributed by atoms with Crippen molar-refractivity contribution in [2.75, 3.05) is 13.4 Å². The van der Waals surface area contributed by atoms with Gasteiger partial charge in [-0.3, -0.25) is 9.59 Å². The molecule has 3 aromatic carbocycles. The van der Waals surface area contributed by atoms with Crippen molar-refractivity contribution in [2.45, 2.75) is 105 Å². The predicted octanol–water partition coefficient (Wildman–Crippen LogP) is 9.36. The Morgan fingerprint density at radius 2 is 1.49 bits per heavy atom. The molecule has 2 heterocycles. The Balaban J connectivity index is 1.19. The summed E-state index contributed by atoms with van der Waals surface area (Å²) in [5.41, 5.74) is 3.12. The molecule has 0 spiro atoms. The second-order valence-electron chi connectivity index (χ2n) is 16.2. The van der Waals surface area contributed by atoms with Gasteiger partial charge in [0.05, 0.1) is 18.7 Å². The molecule has 9 heteroatoms. The van der Waals surface area contributed by atoms with E-state index in [2.05, 4.69) is 5.32 Å². The number of hydrogen-bond acceptors (Lipinski definition) is 8. The molecule has 0 saturated carbocycles. The molecular weight excluding hydrogens is 668 g/mol. The topological polar surface area (TPSA) is 105 Å². The first kappa shape index (κ1) is 39.2. The Labute approximate surface area is 314 Å². The highest BCUT2D eigenvalue weighted by atomic mass is 16.7. The molecule has 5 rings (SSSR count). The molecule has 0 saturated heterocycles. The molecule has 1 aliphatic rings. The van der Waals surface area contributed by atoms with E-state index >= 15 is 0 Å². The zero-order chi connectivity index (χ0) is 38.2. The molecule has 1 aliphatic heterocycles. The number of rotatable bonds is 15. The van der Waals surface area contributed by atoms with E-state index in [-0.39, 0.29) is 30.7 Å². The molecule has 0 bridgehead atoms. The second kappa shape index (κ2) is 16.7. The van der Waals surface area contributed by atoms with Gasteiger partial charge in [0.25, 0.3) is 0 Å². The molecule has 0 aliphatic carbocycles. The summed E-state index contributed by atoms with van der Waals surface area (Å²) in [7, 11) is 0. The van der Waals surface area contributed by atoms with Crippen LogP contribution in [0.1, 0.15) is 86.6 Å². The minimum absolute atomic E-state index is 0.0659. The Bertz CT molecular complexity index is 1840. The maximum atomic E-state index is 13.7. The van der Waals surface area contributed by atoms with Crippen LogP contribution in [0, 0.1) is 5.41 Å². The van der Waals surface area contributed by atoms with Crippen molar-refractivity contribution in [3.05, 3.63) is 90.5 Å². The van der Waals surface area contributed by atoms with Crippen LogP contribution in [-0.2, 0) is 20.7 Å². The van der Waals surface area contributed by atoms with Crippen LogP contribution in [0.4, 0.5) is 0 Å². The highest BCUT2D eigenvalue weighted by Gasteiger charge is 2.30. The number of aromatic nitrogens is 1. The van der Waals surface area contributed by atoms with Crippen molar-refractivity contribution < 1.29 is 33.3 Å². The van der Waals surface area contributed by atoms with Crippen LogP contribution in [-0.4, -0.2) is 47.5 Å². The van der Waals surface area contributed by atoms with E-state index in [1.54, 1.807) is 0 Å². The van der Waals surface area contributed by atoms with Gasteiger partial charge in [0.1, 0.15) is 17.0 Å². The lowest BCUT2D eigenvalue weighted by molar-refractivity contribution is -0.155. The van der Waals surface area contributed by atoms with Crippen LogP contribution in [0.15, 0.2) is 84.9 Å². The molecule has 1 unspecified atom stereocenters. The number of hydrogen-bond donors (Lipinski definition) is 1. The monoisotopic (exact) mass is 722 g/mol. The Morgan fingerprint density at radius 3 is 2.19 bits per heavy atom. The van der Waals surface area contributed by atoms with Crippen LogP contribution in [0.2, 0.25) is 0 Å². The molecule has 53 heavy (non-hydrogen) atoms. The Morgan fingerprint density at radius 1 is 0.774 bits per heavy atom. The minimum Gasteiger partial charge on any atom is -0.488 e. The first-order chi connectivity index (χ1) is 25.0. The van der Waals surface area contributed by atoms with Crippen molar-refractivity contribution >= 4 is 11.9 Å². The van der Waals surface area contributed by atoms with Gasteiger partial charge in [-0.05, 0) is 114 Å². The second-order valence-corrected chi connectivity index (χ2v) is 16.2. The third-order valence-corrected chi connectivity index (χ3v) is 8.64. The fourth-order valence-corrected chi connectivity index (χ4v) is 6.01. The SMILES string of the molecule is CC(C)(C)OC(=O)CC(Cc1ccc(OC(C)(C)C)cc1)NC(=O)C(C)(C)CCCCOc1cc(-c2ccc3c(c2)OCO3)cc(-c2ccccc2)n1. The van der Waals surface area contributed by atoms with E-state index in [9.17, 15) is 9.59 Å². The first-order valence-electron chi connectivity index (χ1n) is 18.4. The highest BCUT2D eigenvalue weighted by molar-refractivity contribution is 5.83. The van der Waals surface area contributed by atoms with Gasteiger partial charge in [0.2, 0.25) is 18.6 Å². The Kier molecular flexibility index (Phi) is 12.4. The van der Waals surface area contributed by atoms with Crippen molar-refractivity contribution in [1.82, 2.24) is 10.3 Å². The molecule has 0 fully saturated rings. The fourth-order valence-electron chi connectivity index (χ4n) is 6.01. The number of amides is 1. The van der Waals surface area contributed by atoms with Crippen LogP contribution in [0.3, 0.4) is 0 Å². The van der Waals surface area contributed by atoms with Crippen molar-refractivity contribution in [3.63, 3.8) is 0 Å². The standard InChI is InChI=1S/C44H54N2O7/c1-42(2,3)52-35-19-16-30(17-20-35)24-34(28-40(47)53-43(4,5)6)45-41(48)44(7,8)22-12-13-23-49-39-27-33(25-36(46-39)31-14-10-9-11-15-31)32-18-21-37-38(26-32)51-29-50-37/h9-11,14-21,25-27,34H,12-13,22-24,28-29H2,1-8H3,(H,45,48). The number of esters is 1. The van der Waals surface area contributed by atoms with E-state index in [0.717, 1.165) is 52.3 Å². The van der Waals surface area contributed by atoms with Gasteiger partial charge < -0.3 is 29.0 Å². The molecule has 4 aromatic rings. The van der Waals surface area contributed by atoms with Gasteiger partial charge in [-0.25, -0.2) is 4.98 Å². The summed E-state index contributed by atoms with van der Waals surface area (Å²) in [6.07, 6.45) is 2.68. The molecule has 1 N–H and O–H groups in total. The maximum Gasteiger partial charge on any atom is 0.308 e. The van der Waals surface area contributed by atoms with Gasteiger partial charge >= 0.3 is 5.97 Å². The number of fused-ring (bicyclic) bond motifs is 1. The first-order valence-corrected chi connectivity index (χ1v) is 18.4. The summed E-state index contributed by atoms with van der Waals surface area (Å²) in [5, 5.41) is 3.17. The van der Waals surface area contributed by atoms with Crippen LogP contribution in [0.25, 0.3) is 22.4 Å². The highest BCUT2D eigenvalue weighted by Crippen LogP contribution is 2.37. The number of nitrogens with one attached hydrogen (secondary N) is 1. The van der Waals surface area contributed by atoms with E-state index in [4.69, 9.17) is 28.7 Å². The van der Waals surface area contributed by atoms with Crippen LogP contribution < -0.4 is 24.3 Å². The average molecular weight is 723 g/mol. The lowest BCUT2D eigenvalue weighted by atomic mass is 9.85. The maximum absolute atomic E-state index is 13.7. The summed E-state index contributed by atoms with van der Waals surface area (Å²) in [4.78, 5) is 31.4. The molecule has 1 aromatic heterocycles.